The zero-order valence-corrected chi connectivity index (χ0v) is 12.2. The molecule has 0 amide bonds. The first-order valence-corrected chi connectivity index (χ1v) is 6.79. The lowest BCUT2D eigenvalue weighted by Crippen LogP contribution is -2.10. The topological polar surface area (TPSA) is 44.1 Å². The predicted octanol–water partition coefficient (Wildman–Crippen LogP) is 3.31. The highest BCUT2D eigenvalue weighted by Gasteiger charge is 2.07. The first-order valence-electron chi connectivity index (χ1n) is 6.79. The van der Waals surface area contributed by atoms with Crippen molar-refractivity contribution in [1.82, 2.24) is 9.55 Å². The summed E-state index contributed by atoms with van der Waals surface area (Å²) in [6, 6.07) is 4.22. The number of carbonyl (C=O) groups excluding carboxylic acids is 1. The minimum Gasteiger partial charge on any atom is -0.493 e. The van der Waals surface area contributed by atoms with Crippen LogP contribution in [0.1, 0.15) is 34.3 Å². The van der Waals surface area contributed by atoms with Gasteiger partial charge in [0.25, 0.3) is 0 Å². The van der Waals surface area contributed by atoms with E-state index in [2.05, 4.69) is 24.0 Å². The molecule has 1 heterocycles. The Kier molecular flexibility index (Phi) is 4.56. The van der Waals surface area contributed by atoms with E-state index in [-0.39, 0.29) is 5.91 Å². The summed E-state index contributed by atoms with van der Waals surface area (Å²) in [6.45, 7) is 6.72. The fourth-order valence-corrected chi connectivity index (χ4v) is 2.33. The molecule has 20 heavy (non-hydrogen) atoms. The quantitative estimate of drug-likeness (QED) is 0.784. The van der Waals surface area contributed by atoms with Crippen LogP contribution >= 0.6 is 0 Å². The average Bonchev–Trinajstić information content (AvgIpc) is 2.90. The predicted molar refractivity (Wildman–Crippen MR) is 78.2 cm³/mol. The number of ether oxygens (including phenoxy) is 1. The van der Waals surface area contributed by atoms with E-state index in [0.29, 0.717) is 19.4 Å². The van der Waals surface area contributed by atoms with Crippen molar-refractivity contribution in [3.8, 4) is 5.75 Å². The number of hydrogen-bond acceptors (Lipinski definition) is 3. The SMILES string of the molecule is Cc1cc(C)c(OCCCC(=O)n2ccnc2)c(C)c1. The molecule has 1 aromatic heterocycles. The molecule has 0 bridgehead atoms. The summed E-state index contributed by atoms with van der Waals surface area (Å²) in [7, 11) is 0. The Morgan fingerprint density at radius 3 is 2.55 bits per heavy atom. The second-order valence-electron chi connectivity index (χ2n) is 5.04. The summed E-state index contributed by atoms with van der Waals surface area (Å²) in [5.41, 5.74) is 3.52. The van der Waals surface area contributed by atoms with Gasteiger partial charge in [-0.2, -0.15) is 0 Å². The van der Waals surface area contributed by atoms with Crippen LogP contribution < -0.4 is 4.74 Å². The molecule has 4 heteroatoms. The lowest BCUT2D eigenvalue weighted by atomic mass is 10.1. The Hall–Kier alpha value is -2.10. The van der Waals surface area contributed by atoms with Crippen LogP contribution in [0, 0.1) is 20.8 Å². The lowest BCUT2D eigenvalue weighted by Gasteiger charge is -2.13. The number of hydrogen-bond donors (Lipinski definition) is 0. The fourth-order valence-electron chi connectivity index (χ4n) is 2.33. The average molecular weight is 272 g/mol. The minimum absolute atomic E-state index is 0.0449. The third-order valence-corrected chi connectivity index (χ3v) is 3.18. The van der Waals surface area contributed by atoms with Gasteiger partial charge < -0.3 is 4.74 Å². The maximum atomic E-state index is 11.8. The van der Waals surface area contributed by atoms with E-state index in [1.54, 1.807) is 12.4 Å². The highest BCUT2D eigenvalue weighted by Crippen LogP contribution is 2.24. The van der Waals surface area contributed by atoms with E-state index in [4.69, 9.17) is 4.74 Å². The molecular formula is C16H20N2O2. The Morgan fingerprint density at radius 2 is 1.95 bits per heavy atom. The van der Waals surface area contributed by atoms with Gasteiger partial charge in [0.2, 0.25) is 5.91 Å². The van der Waals surface area contributed by atoms with E-state index < -0.39 is 0 Å². The molecular weight excluding hydrogens is 252 g/mol. The third kappa shape index (κ3) is 3.47. The second-order valence-corrected chi connectivity index (χ2v) is 5.04. The zero-order valence-electron chi connectivity index (χ0n) is 12.2. The van der Waals surface area contributed by atoms with Crippen molar-refractivity contribution < 1.29 is 9.53 Å². The number of imidazole rings is 1. The van der Waals surface area contributed by atoms with Gasteiger partial charge in [-0.05, 0) is 38.3 Å². The lowest BCUT2D eigenvalue weighted by molar-refractivity contribution is 0.0893. The number of nitrogens with zero attached hydrogens (tertiary/aromatic N) is 2. The van der Waals surface area contributed by atoms with Crippen LogP contribution in [0.4, 0.5) is 0 Å². The van der Waals surface area contributed by atoms with Gasteiger partial charge in [-0.15, -0.1) is 0 Å². The molecule has 0 aliphatic carbocycles. The van der Waals surface area contributed by atoms with Crippen molar-refractivity contribution in [2.45, 2.75) is 33.6 Å². The molecule has 2 rings (SSSR count). The standard InChI is InChI=1S/C16H20N2O2/c1-12-9-13(2)16(14(3)10-12)20-8-4-5-15(19)18-7-6-17-11-18/h6-7,9-11H,4-5,8H2,1-3H3. The van der Waals surface area contributed by atoms with Crippen LogP contribution in [0.5, 0.6) is 5.75 Å². The van der Waals surface area contributed by atoms with Gasteiger partial charge in [0, 0.05) is 18.8 Å². The van der Waals surface area contributed by atoms with Crippen molar-refractivity contribution in [3.05, 3.63) is 47.5 Å². The first-order chi connectivity index (χ1) is 9.58. The Bertz CT molecular complexity index is 566. The van der Waals surface area contributed by atoms with Gasteiger partial charge in [-0.1, -0.05) is 17.7 Å². The summed E-state index contributed by atoms with van der Waals surface area (Å²) in [5.74, 6) is 0.981. The molecule has 0 radical (unpaired) electrons. The van der Waals surface area contributed by atoms with Crippen LogP contribution in [-0.4, -0.2) is 22.1 Å². The molecule has 0 aliphatic heterocycles. The van der Waals surface area contributed by atoms with Crippen molar-refractivity contribution >= 4 is 5.91 Å². The van der Waals surface area contributed by atoms with Gasteiger partial charge in [0.05, 0.1) is 6.61 Å². The summed E-state index contributed by atoms with van der Waals surface area (Å²) in [4.78, 5) is 15.6. The summed E-state index contributed by atoms with van der Waals surface area (Å²) < 4.78 is 7.32. The Morgan fingerprint density at radius 1 is 1.25 bits per heavy atom. The molecule has 0 atom stereocenters. The normalized spacial score (nSPS) is 10.6. The van der Waals surface area contributed by atoms with Gasteiger partial charge in [-0.25, -0.2) is 4.98 Å². The van der Waals surface area contributed by atoms with Crippen molar-refractivity contribution in [2.24, 2.45) is 0 Å². The van der Waals surface area contributed by atoms with Gasteiger partial charge >= 0.3 is 0 Å². The van der Waals surface area contributed by atoms with E-state index >= 15 is 0 Å². The highest BCUT2D eigenvalue weighted by molar-refractivity contribution is 5.78. The smallest absolute Gasteiger partial charge is 0.231 e. The number of aryl methyl sites for hydroxylation is 3. The van der Waals surface area contributed by atoms with Crippen LogP contribution in [0.2, 0.25) is 0 Å². The summed E-state index contributed by atoms with van der Waals surface area (Å²) >= 11 is 0. The van der Waals surface area contributed by atoms with Gasteiger partial charge in [0.15, 0.2) is 0 Å². The number of aromatic nitrogens is 2. The van der Waals surface area contributed by atoms with Crippen molar-refractivity contribution in [1.29, 1.82) is 0 Å². The maximum Gasteiger partial charge on any atom is 0.231 e. The Balaban J connectivity index is 1.83. The molecule has 0 unspecified atom stereocenters. The fraction of sp³-hybridized carbons (Fsp3) is 0.375. The monoisotopic (exact) mass is 272 g/mol. The molecule has 2 aromatic rings. The van der Waals surface area contributed by atoms with Crippen LogP contribution in [0.25, 0.3) is 0 Å². The zero-order chi connectivity index (χ0) is 14.5. The maximum absolute atomic E-state index is 11.8. The number of benzene rings is 1. The van der Waals surface area contributed by atoms with E-state index in [1.165, 1.54) is 16.5 Å². The van der Waals surface area contributed by atoms with E-state index in [9.17, 15) is 4.79 Å². The molecule has 0 aliphatic rings. The largest absolute Gasteiger partial charge is 0.493 e. The van der Waals surface area contributed by atoms with E-state index in [1.807, 2.05) is 13.8 Å². The highest BCUT2D eigenvalue weighted by atomic mass is 16.5. The molecule has 0 spiro atoms. The van der Waals surface area contributed by atoms with Gasteiger partial charge in [-0.3, -0.25) is 9.36 Å². The molecule has 0 N–H and O–H groups in total. The number of rotatable bonds is 5. The van der Waals surface area contributed by atoms with Crippen LogP contribution in [0.15, 0.2) is 30.9 Å². The summed E-state index contributed by atoms with van der Waals surface area (Å²) in [6.07, 6.45) is 5.95. The van der Waals surface area contributed by atoms with E-state index in [0.717, 1.165) is 16.9 Å². The molecule has 106 valence electrons. The minimum atomic E-state index is 0.0449. The summed E-state index contributed by atoms with van der Waals surface area (Å²) in [5, 5.41) is 0. The molecule has 0 fully saturated rings. The van der Waals surface area contributed by atoms with Crippen molar-refractivity contribution in [2.75, 3.05) is 6.61 Å². The van der Waals surface area contributed by atoms with Crippen LogP contribution in [0.3, 0.4) is 0 Å². The van der Waals surface area contributed by atoms with Gasteiger partial charge in [0.1, 0.15) is 12.1 Å². The van der Waals surface area contributed by atoms with Crippen molar-refractivity contribution in [3.63, 3.8) is 0 Å². The van der Waals surface area contributed by atoms with Crippen LogP contribution in [-0.2, 0) is 0 Å². The number of carbonyl (C=O) groups is 1. The first kappa shape index (κ1) is 14.3. The third-order valence-electron chi connectivity index (χ3n) is 3.18. The molecule has 4 nitrogen and oxygen atoms in total. The second kappa shape index (κ2) is 6.37. The Labute approximate surface area is 119 Å². The molecule has 1 aromatic carbocycles. The molecule has 0 saturated carbocycles. The molecule has 0 saturated heterocycles.